The van der Waals surface area contributed by atoms with Crippen LogP contribution >= 0.6 is 0 Å². The van der Waals surface area contributed by atoms with Crippen LogP contribution < -0.4 is 5.73 Å². The van der Waals surface area contributed by atoms with Crippen LogP contribution in [0.25, 0.3) is 0 Å². The molecular formula is C15H27NO3S. The van der Waals surface area contributed by atoms with Gasteiger partial charge in [-0.1, -0.05) is 0 Å². The lowest BCUT2D eigenvalue weighted by atomic mass is 9.51. The normalized spacial score (nSPS) is 41.0. The van der Waals surface area contributed by atoms with Crippen LogP contribution in [0.4, 0.5) is 0 Å². The van der Waals surface area contributed by atoms with Gasteiger partial charge >= 0.3 is 0 Å². The minimum absolute atomic E-state index is 0.137. The first-order valence-corrected chi connectivity index (χ1v) is 9.70. The Balaban J connectivity index is 1.59. The van der Waals surface area contributed by atoms with Gasteiger partial charge in [0.2, 0.25) is 0 Å². The molecule has 20 heavy (non-hydrogen) atoms. The molecule has 1 atom stereocenters. The summed E-state index contributed by atoms with van der Waals surface area (Å²) in [6, 6.07) is 0. The highest BCUT2D eigenvalue weighted by Crippen LogP contribution is 2.57. The van der Waals surface area contributed by atoms with Gasteiger partial charge in [-0.25, -0.2) is 0 Å². The van der Waals surface area contributed by atoms with Crippen LogP contribution in [-0.4, -0.2) is 25.3 Å². The van der Waals surface area contributed by atoms with Crippen molar-refractivity contribution in [3.63, 3.8) is 0 Å². The molecular weight excluding hydrogens is 274 g/mol. The molecule has 4 aliphatic rings. The minimum atomic E-state index is -3.85. The molecule has 4 nitrogen and oxygen atoms in total. The molecule has 0 radical (unpaired) electrons. The summed E-state index contributed by atoms with van der Waals surface area (Å²) in [6.45, 7) is 0.540. The first-order chi connectivity index (χ1) is 9.44. The molecule has 0 aromatic carbocycles. The van der Waals surface area contributed by atoms with Gasteiger partial charge in [0.15, 0.2) is 0 Å². The second-order valence-electron chi connectivity index (χ2n) is 7.51. The molecule has 1 unspecified atom stereocenters. The third-order valence-electron chi connectivity index (χ3n) is 6.14. The molecule has 116 valence electrons. The van der Waals surface area contributed by atoms with Crippen molar-refractivity contribution >= 4 is 10.1 Å². The van der Waals surface area contributed by atoms with Gasteiger partial charge in [-0.15, -0.1) is 0 Å². The van der Waals surface area contributed by atoms with Crippen molar-refractivity contribution < 1.29 is 13.0 Å². The van der Waals surface area contributed by atoms with Crippen LogP contribution in [0.5, 0.6) is 0 Å². The van der Waals surface area contributed by atoms with E-state index in [9.17, 15) is 8.42 Å². The average molecular weight is 301 g/mol. The van der Waals surface area contributed by atoms with Gasteiger partial charge in [-0.2, -0.15) is 8.42 Å². The first kappa shape index (κ1) is 14.8. The highest BCUT2D eigenvalue weighted by atomic mass is 32.2. The summed E-state index contributed by atoms with van der Waals surface area (Å²) in [5.74, 6) is 4.56. The average Bonchev–Trinajstić information content (AvgIpc) is 2.35. The molecule has 0 spiro atoms. The summed E-state index contributed by atoms with van der Waals surface area (Å²) in [6.07, 6.45) is 8.63. The van der Waals surface area contributed by atoms with Crippen LogP contribution in [0.2, 0.25) is 0 Å². The molecule has 4 aliphatic carbocycles. The van der Waals surface area contributed by atoms with Crippen molar-refractivity contribution in [2.24, 2.45) is 41.2 Å². The summed E-state index contributed by atoms with van der Waals surface area (Å²) in [4.78, 5) is 0. The van der Waals surface area contributed by atoms with Gasteiger partial charge in [0, 0.05) is 0 Å². The molecule has 0 saturated heterocycles. The third-order valence-corrected chi connectivity index (χ3v) is 6.90. The highest BCUT2D eigenvalue weighted by Gasteiger charge is 2.48. The molecule has 0 aromatic heterocycles. The smallest absolute Gasteiger partial charge is 0.264 e. The Morgan fingerprint density at radius 2 is 1.60 bits per heavy atom. The summed E-state index contributed by atoms with van der Waals surface area (Å²) >= 11 is 0. The molecule has 0 heterocycles. The number of rotatable bonds is 6. The van der Waals surface area contributed by atoms with Crippen molar-refractivity contribution in [1.82, 2.24) is 0 Å². The monoisotopic (exact) mass is 301 g/mol. The van der Waals surface area contributed by atoms with E-state index in [1.54, 1.807) is 0 Å². The van der Waals surface area contributed by atoms with E-state index in [1.165, 1.54) is 32.1 Å². The fourth-order valence-electron chi connectivity index (χ4n) is 5.46. The Labute approximate surface area is 122 Å². The molecule has 4 bridgehead atoms. The second-order valence-corrected chi connectivity index (χ2v) is 9.08. The summed E-state index contributed by atoms with van der Waals surface area (Å²) in [5, 5.41) is 0. The number of hydrogen-bond donors (Lipinski definition) is 2. The molecule has 5 heteroatoms. The van der Waals surface area contributed by atoms with Gasteiger partial charge in [0.25, 0.3) is 10.1 Å². The van der Waals surface area contributed by atoms with Gasteiger partial charge in [0.05, 0.1) is 5.75 Å². The largest absolute Gasteiger partial charge is 0.330 e. The van der Waals surface area contributed by atoms with Crippen LogP contribution in [0.3, 0.4) is 0 Å². The summed E-state index contributed by atoms with van der Waals surface area (Å²) in [7, 11) is -3.85. The molecule has 4 saturated carbocycles. The Bertz CT molecular complexity index is 420. The zero-order valence-corrected chi connectivity index (χ0v) is 12.9. The van der Waals surface area contributed by atoms with E-state index in [-0.39, 0.29) is 11.7 Å². The molecule has 3 N–H and O–H groups in total. The van der Waals surface area contributed by atoms with E-state index in [2.05, 4.69) is 0 Å². The van der Waals surface area contributed by atoms with E-state index in [1.807, 2.05) is 0 Å². The van der Waals surface area contributed by atoms with Crippen molar-refractivity contribution in [2.75, 3.05) is 12.3 Å². The van der Waals surface area contributed by atoms with E-state index in [0.717, 1.165) is 36.0 Å². The van der Waals surface area contributed by atoms with Gasteiger partial charge < -0.3 is 5.73 Å². The third kappa shape index (κ3) is 3.20. The van der Waals surface area contributed by atoms with E-state index in [4.69, 9.17) is 10.3 Å². The minimum Gasteiger partial charge on any atom is -0.330 e. The zero-order valence-electron chi connectivity index (χ0n) is 12.1. The maximum Gasteiger partial charge on any atom is 0.264 e. The Morgan fingerprint density at radius 1 is 1.05 bits per heavy atom. The quantitative estimate of drug-likeness (QED) is 0.738. The molecule has 0 amide bonds. The fraction of sp³-hybridized carbons (Fsp3) is 1.00. The maximum atomic E-state index is 10.9. The summed E-state index contributed by atoms with van der Waals surface area (Å²) < 4.78 is 30.7. The maximum absolute atomic E-state index is 10.9. The van der Waals surface area contributed by atoms with Crippen LogP contribution in [0, 0.1) is 35.5 Å². The lowest BCUT2D eigenvalue weighted by molar-refractivity contribution is -0.0454. The van der Waals surface area contributed by atoms with E-state index >= 15 is 0 Å². The van der Waals surface area contributed by atoms with Crippen molar-refractivity contribution in [1.29, 1.82) is 0 Å². The first-order valence-electron chi connectivity index (χ1n) is 8.09. The predicted molar refractivity (Wildman–Crippen MR) is 78.7 cm³/mol. The Hall–Kier alpha value is -0.130. The van der Waals surface area contributed by atoms with E-state index in [0.29, 0.717) is 13.0 Å². The predicted octanol–water partition coefficient (Wildman–Crippen LogP) is 2.30. The zero-order chi connectivity index (χ0) is 14.3. The lowest BCUT2D eigenvalue weighted by Gasteiger charge is -2.55. The molecule has 0 aliphatic heterocycles. The van der Waals surface area contributed by atoms with Crippen LogP contribution in [0.15, 0.2) is 0 Å². The Kier molecular flexibility index (Phi) is 4.13. The van der Waals surface area contributed by atoms with Crippen molar-refractivity contribution in [2.45, 2.75) is 44.9 Å². The lowest BCUT2D eigenvalue weighted by Crippen LogP contribution is -2.46. The van der Waals surface area contributed by atoms with Gasteiger partial charge in [0.1, 0.15) is 0 Å². The summed E-state index contributed by atoms with van der Waals surface area (Å²) in [5.41, 5.74) is 5.83. The number of hydrogen-bond acceptors (Lipinski definition) is 3. The van der Waals surface area contributed by atoms with Crippen LogP contribution in [0.1, 0.15) is 44.9 Å². The molecule has 4 fully saturated rings. The van der Waals surface area contributed by atoms with Gasteiger partial charge in [-0.3, -0.25) is 4.55 Å². The standard InChI is InChI=1S/C15H27NO3S/c16-9-10(1-2-20(17,18)19)8-15-13-4-11-3-12(6-13)7-14(15)5-11/h10-15H,1-9,16H2,(H,17,18,19). The fourth-order valence-corrected chi connectivity index (χ4v) is 6.09. The van der Waals surface area contributed by atoms with Crippen LogP contribution in [-0.2, 0) is 10.1 Å². The van der Waals surface area contributed by atoms with Gasteiger partial charge in [-0.05, 0) is 87.0 Å². The van der Waals surface area contributed by atoms with Crippen molar-refractivity contribution in [3.8, 4) is 0 Å². The highest BCUT2D eigenvalue weighted by molar-refractivity contribution is 7.85. The molecule has 0 aromatic rings. The topological polar surface area (TPSA) is 80.4 Å². The molecule has 4 rings (SSSR count). The SMILES string of the molecule is NCC(CCS(=O)(=O)O)CC1C2CC3CC(C2)CC1C3. The second kappa shape index (κ2) is 5.58. The number of nitrogens with two attached hydrogens (primary N) is 1. The van der Waals surface area contributed by atoms with E-state index < -0.39 is 10.1 Å². The van der Waals surface area contributed by atoms with Crippen molar-refractivity contribution in [3.05, 3.63) is 0 Å². The Morgan fingerprint density at radius 3 is 2.05 bits per heavy atom.